The molecule has 2 amide bonds. The van der Waals surface area contributed by atoms with Crippen LogP contribution in [-0.2, 0) is 17.9 Å². The van der Waals surface area contributed by atoms with E-state index in [0.717, 1.165) is 48.0 Å². The number of rotatable bonds is 6. The summed E-state index contributed by atoms with van der Waals surface area (Å²) in [6.07, 6.45) is 4.20. The van der Waals surface area contributed by atoms with Gasteiger partial charge in [0.15, 0.2) is 5.82 Å². The average Bonchev–Trinajstić information content (AvgIpc) is 3.23. The van der Waals surface area contributed by atoms with Gasteiger partial charge in [-0.25, -0.2) is 4.98 Å². The van der Waals surface area contributed by atoms with Gasteiger partial charge in [0.25, 0.3) is 5.91 Å². The number of carbonyl (C=O) groups is 2. The van der Waals surface area contributed by atoms with Crippen molar-refractivity contribution in [2.24, 2.45) is 5.92 Å². The Bertz CT molecular complexity index is 1230. The lowest BCUT2D eigenvalue weighted by molar-refractivity contribution is -0.134. The lowest BCUT2D eigenvalue weighted by Crippen LogP contribution is -2.64. The first-order valence-corrected chi connectivity index (χ1v) is 12.7. The minimum absolute atomic E-state index is 0.0974. The van der Waals surface area contributed by atoms with Crippen LogP contribution in [0.4, 0.5) is 0 Å². The molecule has 0 saturated heterocycles. The quantitative estimate of drug-likeness (QED) is 0.569. The number of ether oxygens (including phenoxy) is 1. The zero-order valence-corrected chi connectivity index (χ0v) is 20.8. The molecule has 1 N–H and O–H groups in total. The molecule has 35 heavy (non-hydrogen) atoms. The van der Waals surface area contributed by atoms with E-state index in [1.165, 1.54) is 0 Å². The second-order valence-electron chi connectivity index (χ2n) is 10.2. The SMILES string of the molecule is CCOc1ccc(CN2C(=O)c3nc4ccccc4n3C[C@]2(C)C(=O)NC2CCC(C)CC2)cc1. The summed E-state index contributed by atoms with van der Waals surface area (Å²) in [6, 6.07) is 15.6. The van der Waals surface area contributed by atoms with Gasteiger partial charge < -0.3 is 19.5 Å². The van der Waals surface area contributed by atoms with E-state index in [0.29, 0.717) is 31.4 Å². The number of nitrogens with zero attached hydrogens (tertiary/aromatic N) is 3. The van der Waals surface area contributed by atoms with Crippen LogP contribution in [0, 0.1) is 5.92 Å². The van der Waals surface area contributed by atoms with E-state index in [1.807, 2.05) is 66.9 Å². The van der Waals surface area contributed by atoms with Gasteiger partial charge in [-0.1, -0.05) is 31.2 Å². The van der Waals surface area contributed by atoms with Crippen molar-refractivity contribution >= 4 is 22.8 Å². The van der Waals surface area contributed by atoms with E-state index in [-0.39, 0.29) is 17.9 Å². The summed E-state index contributed by atoms with van der Waals surface area (Å²) in [5.74, 6) is 1.55. The highest BCUT2D eigenvalue weighted by Gasteiger charge is 2.48. The molecule has 1 atom stereocenters. The molecule has 0 bridgehead atoms. The van der Waals surface area contributed by atoms with Gasteiger partial charge in [-0.2, -0.15) is 0 Å². The monoisotopic (exact) mass is 474 g/mol. The van der Waals surface area contributed by atoms with Crippen molar-refractivity contribution in [3.05, 3.63) is 59.9 Å². The van der Waals surface area contributed by atoms with Crippen molar-refractivity contribution in [3.63, 3.8) is 0 Å². The highest BCUT2D eigenvalue weighted by molar-refractivity contribution is 6.01. The van der Waals surface area contributed by atoms with E-state index in [4.69, 9.17) is 4.74 Å². The summed E-state index contributed by atoms with van der Waals surface area (Å²) in [6.45, 7) is 7.38. The smallest absolute Gasteiger partial charge is 0.291 e. The van der Waals surface area contributed by atoms with E-state index < -0.39 is 5.54 Å². The number of hydrogen-bond donors (Lipinski definition) is 1. The Morgan fingerprint density at radius 1 is 1.11 bits per heavy atom. The van der Waals surface area contributed by atoms with Crippen LogP contribution < -0.4 is 10.1 Å². The Hall–Kier alpha value is -3.35. The highest BCUT2D eigenvalue weighted by atomic mass is 16.5. The van der Waals surface area contributed by atoms with Crippen LogP contribution in [0.5, 0.6) is 5.75 Å². The zero-order valence-electron chi connectivity index (χ0n) is 20.8. The van der Waals surface area contributed by atoms with Crippen LogP contribution in [-0.4, -0.2) is 44.5 Å². The molecule has 184 valence electrons. The van der Waals surface area contributed by atoms with Gasteiger partial charge in [-0.3, -0.25) is 9.59 Å². The Morgan fingerprint density at radius 2 is 1.83 bits per heavy atom. The van der Waals surface area contributed by atoms with E-state index in [2.05, 4.69) is 17.2 Å². The second kappa shape index (κ2) is 9.36. The van der Waals surface area contributed by atoms with Crippen molar-refractivity contribution in [1.82, 2.24) is 19.8 Å². The van der Waals surface area contributed by atoms with Gasteiger partial charge in [0.1, 0.15) is 11.3 Å². The topological polar surface area (TPSA) is 76.5 Å². The molecule has 0 spiro atoms. The third-order valence-electron chi connectivity index (χ3n) is 7.57. The standard InChI is InChI=1S/C28H34N4O3/c1-4-35-22-15-11-20(12-16-22)17-32-26(33)25-30-23-7-5-6-8-24(23)31(25)18-28(32,3)27(34)29-21-13-9-19(2)10-14-21/h5-8,11-12,15-16,19,21H,4,9-10,13-14,17-18H2,1-3H3,(H,29,34)/t19?,21?,28-/m1/s1. The zero-order chi connectivity index (χ0) is 24.6. The number of nitrogens with one attached hydrogen (secondary N) is 1. The lowest BCUT2D eigenvalue weighted by atomic mass is 9.86. The van der Waals surface area contributed by atoms with E-state index in [9.17, 15) is 9.59 Å². The molecule has 1 saturated carbocycles. The van der Waals surface area contributed by atoms with Crippen molar-refractivity contribution in [2.45, 2.75) is 71.1 Å². The molecule has 1 aliphatic heterocycles. The van der Waals surface area contributed by atoms with Crippen molar-refractivity contribution in [3.8, 4) is 5.75 Å². The van der Waals surface area contributed by atoms with Crippen LogP contribution in [0.15, 0.2) is 48.5 Å². The maximum Gasteiger partial charge on any atom is 0.291 e. The van der Waals surface area contributed by atoms with Crippen LogP contribution in [0.3, 0.4) is 0 Å². The van der Waals surface area contributed by atoms with Gasteiger partial charge in [0, 0.05) is 12.6 Å². The number of aromatic nitrogens is 2. The fourth-order valence-electron chi connectivity index (χ4n) is 5.36. The predicted molar refractivity (Wildman–Crippen MR) is 135 cm³/mol. The van der Waals surface area contributed by atoms with Crippen molar-refractivity contribution in [2.75, 3.05) is 6.61 Å². The third kappa shape index (κ3) is 4.40. The van der Waals surface area contributed by atoms with Crippen molar-refractivity contribution < 1.29 is 14.3 Å². The fraction of sp³-hybridized carbons (Fsp3) is 0.464. The van der Waals surface area contributed by atoms with Gasteiger partial charge in [-0.15, -0.1) is 0 Å². The molecule has 5 rings (SSSR count). The number of fused-ring (bicyclic) bond motifs is 3. The van der Waals surface area contributed by atoms with Gasteiger partial charge in [-0.05, 0) is 75.3 Å². The minimum Gasteiger partial charge on any atom is -0.494 e. The molecule has 0 unspecified atom stereocenters. The molecular formula is C28H34N4O3. The molecule has 7 heteroatoms. The summed E-state index contributed by atoms with van der Waals surface area (Å²) in [7, 11) is 0. The Labute approximate surface area is 206 Å². The molecule has 0 radical (unpaired) electrons. The lowest BCUT2D eigenvalue weighted by Gasteiger charge is -2.44. The Kier molecular flexibility index (Phi) is 6.26. The van der Waals surface area contributed by atoms with Crippen molar-refractivity contribution in [1.29, 1.82) is 0 Å². The van der Waals surface area contributed by atoms with Gasteiger partial charge in [0.2, 0.25) is 5.91 Å². The minimum atomic E-state index is -1.05. The predicted octanol–water partition coefficient (Wildman–Crippen LogP) is 4.54. The van der Waals surface area contributed by atoms with Crippen LogP contribution in [0.1, 0.15) is 62.6 Å². The van der Waals surface area contributed by atoms with Crippen LogP contribution in [0.2, 0.25) is 0 Å². The first kappa shape index (κ1) is 23.4. The highest BCUT2D eigenvalue weighted by Crippen LogP contribution is 2.33. The number of para-hydroxylation sites is 2. The summed E-state index contributed by atoms with van der Waals surface area (Å²) >= 11 is 0. The summed E-state index contributed by atoms with van der Waals surface area (Å²) in [5, 5.41) is 3.30. The number of benzene rings is 2. The first-order valence-electron chi connectivity index (χ1n) is 12.7. The molecule has 1 aromatic heterocycles. The largest absolute Gasteiger partial charge is 0.494 e. The number of hydrogen-bond acceptors (Lipinski definition) is 4. The number of imidazole rings is 1. The molecular weight excluding hydrogens is 440 g/mol. The molecule has 7 nitrogen and oxygen atoms in total. The first-order chi connectivity index (χ1) is 16.9. The molecule has 2 aromatic carbocycles. The molecule has 1 fully saturated rings. The van der Waals surface area contributed by atoms with Crippen LogP contribution >= 0.6 is 0 Å². The normalized spacial score (nSPS) is 24.3. The van der Waals surface area contributed by atoms with E-state index >= 15 is 0 Å². The third-order valence-corrected chi connectivity index (χ3v) is 7.57. The molecule has 2 heterocycles. The Morgan fingerprint density at radius 3 is 2.54 bits per heavy atom. The maximum atomic E-state index is 13.9. The fourth-order valence-corrected chi connectivity index (χ4v) is 5.36. The summed E-state index contributed by atoms with van der Waals surface area (Å²) in [4.78, 5) is 34.1. The second-order valence-corrected chi connectivity index (χ2v) is 10.2. The molecule has 3 aromatic rings. The van der Waals surface area contributed by atoms with Gasteiger partial charge >= 0.3 is 0 Å². The summed E-state index contributed by atoms with van der Waals surface area (Å²) in [5.41, 5.74) is 1.54. The van der Waals surface area contributed by atoms with Gasteiger partial charge in [0.05, 0.1) is 24.2 Å². The number of amides is 2. The molecule has 1 aliphatic carbocycles. The average molecular weight is 475 g/mol. The molecule has 2 aliphatic rings. The number of carbonyl (C=O) groups excluding carboxylic acids is 2. The summed E-state index contributed by atoms with van der Waals surface area (Å²) < 4.78 is 7.48. The maximum absolute atomic E-state index is 13.9. The Balaban J connectivity index is 1.49. The van der Waals surface area contributed by atoms with Crippen LogP contribution in [0.25, 0.3) is 11.0 Å². The van der Waals surface area contributed by atoms with E-state index in [1.54, 1.807) is 4.90 Å².